The monoisotopic (exact) mass is 632 g/mol. The van der Waals surface area contributed by atoms with E-state index >= 15 is 0 Å². The van der Waals surface area contributed by atoms with Crippen molar-refractivity contribution in [3.63, 3.8) is 0 Å². The number of urea groups is 2. The third-order valence-electron chi connectivity index (χ3n) is 7.07. The molecule has 2 heterocycles. The highest BCUT2D eigenvalue weighted by Gasteiger charge is 2.15. The zero-order chi connectivity index (χ0) is 28.9. The lowest BCUT2D eigenvalue weighted by molar-refractivity contribution is 0.251. The predicted octanol–water partition coefficient (Wildman–Crippen LogP) is 5.68. The zero-order valence-electron chi connectivity index (χ0n) is 25.1. The minimum Gasteiger partial charge on any atom is -0.366 e. The number of unbranched alkanes of at least 4 members (excludes halogenated alkanes) is 6. The summed E-state index contributed by atoms with van der Waals surface area (Å²) in [6.07, 6.45) is 7.55. The summed E-state index contributed by atoms with van der Waals surface area (Å²) in [6, 6.07) is 15.8. The number of amides is 4. The molecule has 4 amide bonds. The minimum absolute atomic E-state index is 0. The Kier molecular flexibility index (Phi) is 15.7. The summed E-state index contributed by atoms with van der Waals surface area (Å²) < 4.78 is 0. The molecule has 0 fully saturated rings. The van der Waals surface area contributed by atoms with E-state index in [2.05, 4.69) is 55.7 Å². The molecule has 2 aliphatic rings. The van der Waals surface area contributed by atoms with Crippen molar-refractivity contribution in [3.8, 4) is 0 Å². The fourth-order valence-electron chi connectivity index (χ4n) is 4.77. The van der Waals surface area contributed by atoms with Gasteiger partial charge in [-0.15, -0.1) is 24.8 Å². The van der Waals surface area contributed by atoms with Gasteiger partial charge in [-0.3, -0.25) is 9.98 Å². The fourth-order valence-corrected chi connectivity index (χ4v) is 4.77. The van der Waals surface area contributed by atoms with Gasteiger partial charge in [0.2, 0.25) is 0 Å². The highest BCUT2D eigenvalue weighted by molar-refractivity contribution is 6.01. The van der Waals surface area contributed by atoms with Crippen LogP contribution in [-0.4, -0.2) is 62.0 Å². The van der Waals surface area contributed by atoms with Crippen LogP contribution in [0, 0.1) is 0 Å². The Morgan fingerprint density at radius 1 is 0.628 bits per heavy atom. The minimum atomic E-state index is -0.178. The number of nitrogens with zero attached hydrogens (tertiary/aromatic N) is 2. The molecule has 6 N–H and O–H groups in total. The summed E-state index contributed by atoms with van der Waals surface area (Å²) in [5.74, 6) is 1.82. The molecule has 43 heavy (non-hydrogen) atoms. The van der Waals surface area contributed by atoms with Crippen molar-refractivity contribution in [3.05, 3.63) is 59.7 Å². The zero-order valence-corrected chi connectivity index (χ0v) is 26.7. The van der Waals surface area contributed by atoms with Gasteiger partial charge >= 0.3 is 12.1 Å². The number of nitrogens with one attached hydrogen (secondary N) is 6. The summed E-state index contributed by atoms with van der Waals surface area (Å²) in [4.78, 5) is 33.3. The quantitative estimate of drug-likeness (QED) is 0.150. The van der Waals surface area contributed by atoms with Gasteiger partial charge in [0.05, 0.1) is 13.1 Å². The molecule has 0 aromatic heterocycles. The van der Waals surface area contributed by atoms with E-state index in [1.807, 2.05) is 48.5 Å². The molecule has 2 aliphatic heterocycles. The standard InChI is InChI=1S/C31H44N8O2.2ClH/c1-22-20-34-28(36-22)24-10-14-26(15-11-24)38-30(40)32-18-8-6-4-3-5-7-9-19-33-31(41)39-27-16-12-25(13-17-27)29-35-21-23(2)37-29;;/h10-17,22-23H,3-9,18-21H2,1-2H3,(H,34,36)(H,35,37)(H2,32,38,40)(H2,33,39,41);2*1H. The lowest BCUT2D eigenvalue weighted by Crippen LogP contribution is -2.29. The maximum absolute atomic E-state index is 12.2. The molecule has 0 bridgehead atoms. The van der Waals surface area contributed by atoms with Crippen molar-refractivity contribution >= 4 is 59.9 Å². The molecule has 2 aromatic carbocycles. The molecule has 236 valence electrons. The number of anilines is 2. The van der Waals surface area contributed by atoms with Gasteiger partial charge in [-0.05, 0) is 75.2 Å². The van der Waals surface area contributed by atoms with Crippen molar-refractivity contribution in [2.45, 2.75) is 70.9 Å². The Balaban J connectivity index is 0.00000323. The Bertz CT molecular complexity index is 1110. The van der Waals surface area contributed by atoms with E-state index in [9.17, 15) is 9.59 Å². The fraction of sp³-hybridized carbons (Fsp3) is 0.484. The summed E-state index contributed by atoms with van der Waals surface area (Å²) >= 11 is 0. The van der Waals surface area contributed by atoms with Gasteiger partial charge < -0.3 is 31.9 Å². The van der Waals surface area contributed by atoms with E-state index in [1.54, 1.807) is 0 Å². The van der Waals surface area contributed by atoms with Crippen LogP contribution in [0.25, 0.3) is 0 Å². The summed E-state index contributed by atoms with van der Waals surface area (Å²) in [7, 11) is 0. The van der Waals surface area contributed by atoms with Gasteiger partial charge in [-0.25, -0.2) is 9.59 Å². The van der Waals surface area contributed by atoms with Crippen molar-refractivity contribution in [1.29, 1.82) is 0 Å². The Hall–Kier alpha value is -3.50. The van der Waals surface area contributed by atoms with Gasteiger partial charge in [-0.1, -0.05) is 32.1 Å². The van der Waals surface area contributed by atoms with Crippen LogP contribution >= 0.6 is 24.8 Å². The molecule has 0 saturated carbocycles. The molecule has 2 unspecified atom stereocenters. The number of hydrogen-bond acceptors (Lipinski definition) is 6. The highest BCUT2D eigenvalue weighted by atomic mass is 35.5. The summed E-state index contributed by atoms with van der Waals surface area (Å²) in [5, 5.41) is 18.3. The van der Waals surface area contributed by atoms with Gasteiger partial charge in [0.15, 0.2) is 0 Å². The number of rotatable bonds is 14. The van der Waals surface area contributed by atoms with Crippen LogP contribution in [0.15, 0.2) is 58.5 Å². The average Bonchev–Trinajstić information content (AvgIpc) is 3.60. The van der Waals surface area contributed by atoms with E-state index in [0.717, 1.165) is 92.2 Å². The molecule has 2 aromatic rings. The molecule has 12 heteroatoms. The number of amidine groups is 2. The van der Waals surface area contributed by atoms with Crippen molar-refractivity contribution in [2.75, 3.05) is 36.8 Å². The van der Waals surface area contributed by atoms with E-state index < -0.39 is 0 Å². The van der Waals surface area contributed by atoms with Gasteiger partial charge in [0, 0.05) is 47.7 Å². The number of hydrogen-bond donors (Lipinski definition) is 6. The van der Waals surface area contributed by atoms with Crippen LogP contribution in [0.2, 0.25) is 0 Å². The molecule has 0 aliphatic carbocycles. The topological polar surface area (TPSA) is 131 Å². The first-order valence-electron chi connectivity index (χ1n) is 14.9. The predicted molar refractivity (Wildman–Crippen MR) is 182 cm³/mol. The smallest absolute Gasteiger partial charge is 0.319 e. The largest absolute Gasteiger partial charge is 0.366 e. The number of benzene rings is 2. The van der Waals surface area contributed by atoms with Crippen molar-refractivity contribution < 1.29 is 9.59 Å². The first kappa shape index (κ1) is 35.7. The second kappa shape index (κ2) is 18.9. The number of halogens is 2. The van der Waals surface area contributed by atoms with Gasteiger partial charge in [-0.2, -0.15) is 0 Å². The normalized spacial score (nSPS) is 16.8. The van der Waals surface area contributed by atoms with E-state index in [1.165, 1.54) is 0 Å². The maximum Gasteiger partial charge on any atom is 0.319 e. The highest BCUT2D eigenvalue weighted by Crippen LogP contribution is 2.14. The lowest BCUT2D eigenvalue weighted by atomic mass is 10.1. The van der Waals surface area contributed by atoms with Crippen LogP contribution in [0.3, 0.4) is 0 Å². The third kappa shape index (κ3) is 12.3. The second-order valence-corrected chi connectivity index (χ2v) is 10.9. The molecule has 4 rings (SSSR count). The summed E-state index contributed by atoms with van der Waals surface area (Å²) in [6.45, 7) is 7.12. The van der Waals surface area contributed by atoms with Crippen LogP contribution in [0.1, 0.15) is 69.9 Å². The SMILES string of the molecule is CC1CN=C(c2ccc(NC(=O)NCCCCCCCCCNC(=O)Nc3ccc(C4=NCC(C)N4)cc3)cc2)N1.Cl.Cl. The van der Waals surface area contributed by atoms with Gasteiger partial charge in [0.1, 0.15) is 11.7 Å². The van der Waals surface area contributed by atoms with Crippen molar-refractivity contribution in [2.24, 2.45) is 9.98 Å². The third-order valence-corrected chi connectivity index (χ3v) is 7.07. The lowest BCUT2D eigenvalue weighted by Gasteiger charge is -2.10. The van der Waals surface area contributed by atoms with Crippen LogP contribution in [-0.2, 0) is 0 Å². The summed E-state index contributed by atoms with van der Waals surface area (Å²) in [5.41, 5.74) is 3.59. The first-order chi connectivity index (χ1) is 20.0. The second-order valence-electron chi connectivity index (χ2n) is 10.9. The average molecular weight is 634 g/mol. The first-order valence-corrected chi connectivity index (χ1v) is 14.9. The van der Waals surface area contributed by atoms with E-state index in [-0.39, 0.29) is 36.9 Å². The molecule has 0 spiro atoms. The number of carbonyl (C=O) groups is 2. The molecular formula is C31H46Cl2N8O2. The van der Waals surface area contributed by atoms with Crippen LogP contribution < -0.4 is 31.9 Å². The molecule has 0 saturated heterocycles. The number of carbonyl (C=O) groups excluding carboxylic acids is 2. The van der Waals surface area contributed by atoms with E-state index in [4.69, 9.17) is 0 Å². The molecule has 0 radical (unpaired) electrons. The molecule has 10 nitrogen and oxygen atoms in total. The Labute approximate surface area is 267 Å². The van der Waals surface area contributed by atoms with Gasteiger partial charge in [0.25, 0.3) is 0 Å². The van der Waals surface area contributed by atoms with Crippen LogP contribution in [0.5, 0.6) is 0 Å². The van der Waals surface area contributed by atoms with Crippen molar-refractivity contribution in [1.82, 2.24) is 21.3 Å². The number of aliphatic imine (C=N–C) groups is 2. The Morgan fingerprint density at radius 3 is 1.30 bits per heavy atom. The van der Waals surface area contributed by atoms with Crippen LogP contribution in [0.4, 0.5) is 21.0 Å². The Morgan fingerprint density at radius 2 is 0.977 bits per heavy atom. The maximum atomic E-state index is 12.2. The van der Waals surface area contributed by atoms with E-state index in [0.29, 0.717) is 25.2 Å². The molecule has 2 atom stereocenters. The molecular weight excluding hydrogens is 587 g/mol.